The number of hydrogen-bond donors (Lipinski definition) is 0. The lowest BCUT2D eigenvalue weighted by molar-refractivity contribution is 0.627. The lowest BCUT2D eigenvalue weighted by Crippen LogP contribution is -1.82. The van der Waals surface area contributed by atoms with Crippen LogP contribution in [-0.4, -0.2) is 0 Å². The molecule has 0 bridgehead atoms. The molecule has 0 fully saturated rings. The van der Waals surface area contributed by atoms with Gasteiger partial charge in [0.2, 0.25) is 0 Å². The average molecular weight is 162 g/mol. The number of benzene rings is 1. The van der Waals surface area contributed by atoms with Crippen LogP contribution >= 0.6 is 0 Å². The monoisotopic (exact) mass is 162 g/mol. The highest BCUT2D eigenvalue weighted by Crippen LogP contribution is 2.16. The minimum atomic E-state index is -0.224. The summed E-state index contributed by atoms with van der Waals surface area (Å²) < 4.78 is 12.7. The molecular weight excluding hydrogens is 151 g/mol. The van der Waals surface area contributed by atoms with Gasteiger partial charge >= 0.3 is 0 Å². The molecule has 62 valence electrons. The first-order valence-electron chi connectivity index (χ1n) is 3.78. The summed E-state index contributed by atoms with van der Waals surface area (Å²) in [6.45, 7) is 7.41. The van der Waals surface area contributed by atoms with Gasteiger partial charge < -0.3 is 0 Å². The SMILES string of the molecule is C=CCC(=C)c1cccc(F)c1. The Bertz CT molecular complexity index is 300. The van der Waals surface area contributed by atoms with Crippen molar-refractivity contribution in [3.8, 4) is 0 Å². The van der Waals surface area contributed by atoms with Gasteiger partial charge in [-0.25, -0.2) is 4.39 Å². The summed E-state index contributed by atoms with van der Waals surface area (Å²) in [4.78, 5) is 0. The Morgan fingerprint density at radius 3 is 2.83 bits per heavy atom. The third-order valence-electron chi connectivity index (χ3n) is 1.62. The van der Waals surface area contributed by atoms with Crippen molar-refractivity contribution < 1.29 is 4.39 Å². The van der Waals surface area contributed by atoms with Crippen LogP contribution in [-0.2, 0) is 0 Å². The maximum atomic E-state index is 12.7. The number of rotatable bonds is 3. The Morgan fingerprint density at radius 1 is 1.50 bits per heavy atom. The molecule has 1 heteroatoms. The Labute approximate surface area is 72.0 Å². The summed E-state index contributed by atoms with van der Waals surface area (Å²) in [5.41, 5.74) is 1.74. The Kier molecular flexibility index (Phi) is 2.81. The molecule has 0 heterocycles. The van der Waals surface area contributed by atoms with Gasteiger partial charge in [-0.3, -0.25) is 0 Å². The highest BCUT2D eigenvalue weighted by Gasteiger charge is 1.97. The molecule has 0 aromatic heterocycles. The Morgan fingerprint density at radius 2 is 2.25 bits per heavy atom. The molecule has 0 aliphatic heterocycles. The van der Waals surface area contributed by atoms with Crippen LogP contribution in [0.4, 0.5) is 4.39 Å². The van der Waals surface area contributed by atoms with Gasteiger partial charge in [-0.1, -0.05) is 24.8 Å². The molecule has 0 aliphatic rings. The normalized spacial score (nSPS) is 9.42. The standard InChI is InChI=1S/C11H11F/c1-3-5-9(2)10-6-4-7-11(12)8-10/h3-4,6-8H,1-2,5H2. The molecule has 0 nitrogen and oxygen atoms in total. The van der Waals surface area contributed by atoms with Crippen molar-refractivity contribution in [2.75, 3.05) is 0 Å². The van der Waals surface area contributed by atoms with E-state index in [2.05, 4.69) is 13.2 Å². The lowest BCUT2D eigenvalue weighted by atomic mass is 10.1. The summed E-state index contributed by atoms with van der Waals surface area (Å²) in [5, 5.41) is 0. The van der Waals surface area contributed by atoms with Gasteiger partial charge in [-0.05, 0) is 29.7 Å². The summed E-state index contributed by atoms with van der Waals surface area (Å²) in [6, 6.07) is 6.42. The minimum absolute atomic E-state index is 0.224. The van der Waals surface area contributed by atoms with E-state index in [9.17, 15) is 4.39 Å². The molecule has 1 rings (SSSR count). The van der Waals surface area contributed by atoms with Gasteiger partial charge in [0.15, 0.2) is 0 Å². The molecule has 0 unspecified atom stereocenters. The largest absolute Gasteiger partial charge is 0.207 e. The molecule has 1 aromatic carbocycles. The molecule has 0 atom stereocenters. The molecule has 0 spiro atoms. The van der Waals surface area contributed by atoms with Gasteiger partial charge in [0.05, 0.1) is 0 Å². The van der Waals surface area contributed by atoms with E-state index in [1.54, 1.807) is 12.1 Å². The summed E-state index contributed by atoms with van der Waals surface area (Å²) in [6.07, 6.45) is 2.46. The van der Waals surface area contributed by atoms with Crippen molar-refractivity contribution >= 4 is 5.57 Å². The van der Waals surface area contributed by atoms with Crippen LogP contribution < -0.4 is 0 Å². The topological polar surface area (TPSA) is 0 Å². The van der Waals surface area contributed by atoms with E-state index >= 15 is 0 Å². The summed E-state index contributed by atoms with van der Waals surface area (Å²) in [5.74, 6) is -0.224. The van der Waals surface area contributed by atoms with E-state index < -0.39 is 0 Å². The summed E-state index contributed by atoms with van der Waals surface area (Å²) >= 11 is 0. The van der Waals surface area contributed by atoms with Crippen LogP contribution in [0, 0.1) is 5.82 Å². The second kappa shape index (κ2) is 3.86. The molecule has 0 aliphatic carbocycles. The van der Waals surface area contributed by atoms with Gasteiger partial charge in [-0.15, -0.1) is 6.58 Å². The van der Waals surface area contributed by atoms with E-state index in [0.29, 0.717) is 6.42 Å². The van der Waals surface area contributed by atoms with E-state index in [1.807, 2.05) is 6.07 Å². The highest BCUT2D eigenvalue weighted by atomic mass is 19.1. The molecular formula is C11H11F. The van der Waals surface area contributed by atoms with E-state index in [-0.39, 0.29) is 5.82 Å². The van der Waals surface area contributed by atoms with Crippen molar-refractivity contribution in [2.45, 2.75) is 6.42 Å². The second-order valence-electron chi connectivity index (χ2n) is 2.61. The average Bonchev–Trinajstić information content (AvgIpc) is 2.05. The van der Waals surface area contributed by atoms with Crippen LogP contribution in [0.25, 0.3) is 5.57 Å². The number of hydrogen-bond acceptors (Lipinski definition) is 0. The predicted octanol–water partition coefficient (Wildman–Crippen LogP) is 3.42. The molecule has 0 radical (unpaired) electrons. The van der Waals surface area contributed by atoms with E-state index in [4.69, 9.17) is 0 Å². The first-order valence-corrected chi connectivity index (χ1v) is 3.78. The molecule has 0 N–H and O–H groups in total. The molecule has 1 aromatic rings. The zero-order valence-corrected chi connectivity index (χ0v) is 6.89. The Balaban J connectivity index is 2.87. The zero-order chi connectivity index (χ0) is 8.97. The first kappa shape index (κ1) is 8.72. The van der Waals surface area contributed by atoms with Gasteiger partial charge in [-0.2, -0.15) is 0 Å². The smallest absolute Gasteiger partial charge is 0.123 e. The maximum absolute atomic E-state index is 12.7. The van der Waals surface area contributed by atoms with E-state index in [1.165, 1.54) is 12.1 Å². The van der Waals surface area contributed by atoms with E-state index in [0.717, 1.165) is 11.1 Å². The highest BCUT2D eigenvalue weighted by molar-refractivity contribution is 5.64. The van der Waals surface area contributed by atoms with Gasteiger partial charge in [0.1, 0.15) is 5.82 Å². The second-order valence-corrected chi connectivity index (χ2v) is 2.61. The fourth-order valence-electron chi connectivity index (χ4n) is 1.00. The number of allylic oxidation sites excluding steroid dienone is 2. The molecule has 0 amide bonds. The van der Waals surface area contributed by atoms with Crippen LogP contribution in [0.5, 0.6) is 0 Å². The van der Waals surface area contributed by atoms with Crippen LogP contribution in [0.15, 0.2) is 43.5 Å². The molecule has 0 saturated carbocycles. The quantitative estimate of drug-likeness (QED) is 0.597. The third kappa shape index (κ3) is 2.06. The summed E-state index contributed by atoms with van der Waals surface area (Å²) in [7, 11) is 0. The third-order valence-corrected chi connectivity index (χ3v) is 1.62. The van der Waals surface area contributed by atoms with Crippen molar-refractivity contribution in [1.29, 1.82) is 0 Å². The predicted molar refractivity (Wildman–Crippen MR) is 50.2 cm³/mol. The van der Waals surface area contributed by atoms with Gasteiger partial charge in [0.25, 0.3) is 0 Å². The maximum Gasteiger partial charge on any atom is 0.123 e. The fraction of sp³-hybridized carbons (Fsp3) is 0.0909. The first-order chi connectivity index (χ1) is 5.74. The molecule has 0 saturated heterocycles. The van der Waals surface area contributed by atoms with Gasteiger partial charge in [0, 0.05) is 0 Å². The molecule has 12 heavy (non-hydrogen) atoms. The lowest BCUT2D eigenvalue weighted by Gasteiger charge is -2.01. The van der Waals surface area contributed by atoms with Crippen LogP contribution in [0.3, 0.4) is 0 Å². The Hall–Kier alpha value is -1.37. The van der Waals surface area contributed by atoms with Crippen molar-refractivity contribution in [3.05, 3.63) is 54.9 Å². The van der Waals surface area contributed by atoms with Crippen LogP contribution in [0.1, 0.15) is 12.0 Å². The van der Waals surface area contributed by atoms with Crippen LogP contribution in [0.2, 0.25) is 0 Å². The van der Waals surface area contributed by atoms with Crippen molar-refractivity contribution in [2.24, 2.45) is 0 Å². The minimum Gasteiger partial charge on any atom is -0.207 e. The zero-order valence-electron chi connectivity index (χ0n) is 6.89. The fourth-order valence-corrected chi connectivity index (χ4v) is 1.00. The van der Waals surface area contributed by atoms with Crippen molar-refractivity contribution in [3.63, 3.8) is 0 Å². The van der Waals surface area contributed by atoms with Crippen molar-refractivity contribution in [1.82, 2.24) is 0 Å². The number of halogens is 1.